The zero-order chi connectivity index (χ0) is 26.9. The number of nitrogens with zero attached hydrogens (tertiary/aromatic N) is 5. The van der Waals surface area contributed by atoms with Gasteiger partial charge >= 0.3 is 0 Å². The molecule has 1 aliphatic rings. The van der Waals surface area contributed by atoms with Crippen molar-refractivity contribution in [3.63, 3.8) is 0 Å². The molecule has 196 valence electrons. The summed E-state index contributed by atoms with van der Waals surface area (Å²) in [5.41, 5.74) is 2.42. The molecule has 0 saturated carbocycles. The van der Waals surface area contributed by atoms with E-state index in [-0.39, 0.29) is 11.6 Å². The fourth-order valence-corrected chi connectivity index (χ4v) is 6.54. The zero-order valence-electron chi connectivity index (χ0n) is 22.0. The van der Waals surface area contributed by atoms with Crippen LogP contribution in [0.3, 0.4) is 0 Å². The number of hydrogen-bond acceptors (Lipinski definition) is 7. The Balaban J connectivity index is 1.25. The number of benzene rings is 2. The second-order valence-electron chi connectivity index (χ2n) is 10.3. The topological polar surface area (TPSA) is 84.0 Å². The van der Waals surface area contributed by atoms with Crippen LogP contribution in [0.5, 0.6) is 5.75 Å². The molecule has 4 heterocycles. The Labute approximate surface area is 230 Å². The summed E-state index contributed by atoms with van der Waals surface area (Å²) in [4.78, 5) is 25.5. The Morgan fingerprint density at radius 1 is 1.08 bits per heavy atom. The van der Waals surface area contributed by atoms with Gasteiger partial charge in [-0.25, -0.2) is 9.97 Å². The summed E-state index contributed by atoms with van der Waals surface area (Å²) < 4.78 is 8.88. The Morgan fingerprint density at radius 3 is 2.64 bits per heavy atom. The number of aromatic nitrogens is 3. The SMILES string of the molecule is C[C@@H](c1cccc(-c2ncc(OCC3CCN(C)CC3)cn2)c1)n1c(=O)ccc2c3cc(C#N)ccc3sc21. The molecule has 39 heavy (non-hydrogen) atoms. The van der Waals surface area contributed by atoms with E-state index in [1.807, 2.05) is 60.0 Å². The fourth-order valence-electron chi connectivity index (χ4n) is 5.28. The number of piperidine rings is 1. The highest BCUT2D eigenvalue weighted by Gasteiger charge is 2.19. The number of fused-ring (bicyclic) bond motifs is 3. The molecule has 0 aliphatic carbocycles. The third-order valence-corrected chi connectivity index (χ3v) is 8.84. The molecule has 1 saturated heterocycles. The Kier molecular flexibility index (Phi) is 6.86. The summed E-state index contributed by atoms with van der Waals surface area (Å²) in [7, 11) is 2.16. The summed E-state index contributed by atoms with van der Waals surface area (Å²) in [6, 6.07) is 19.2. The van der Waals surface area contributed by atoms with Crippen molar-refractivity contribution < 1.29 is 4.74 Å². The number of likely N-dealkylation sites (tertiary alicyclic amines) is 1. The van der Waals surface area contributed by atoms with Gasteiger partial charge in [0.2, 0.25) is 0 Å². The minimum Gasteiger partial charge on any atom is -0.490 e. The van der Waals surface area contributed by atoms with Crippen molar-refractivity contribution in [3.05, 3.63) is 88.5 Å². The molecule has 0 N–H and O–H groups in total. The largest absolute Gasteiger partial charge is 0.490 e. The van der Waals surface area contributed by atoms with Crippen molar-refractivity contribution >= 4 is 31.6 Å². The smallest absolute Gasteiger partial charge is 0.252 e. The maximum absolute atomic E-state index is 13.1. The van der Waals surface area contributed by atoms with Crippen LogP contribution >= 0.6 is 11.3 Å². The molecule has 0 radical (unpaired) electrons. The minimum absolute atomic E-state index is 0.0603. The van der Waals surface area contributed by atoms with Crippen molar-refractivity contribution in [2.45, 2.75) is 25.8 Å². The molecule has 7 nitrogen and oxygen atoms in total. The Hall–Kier alpha value is -4.06. The summed E-state index contributed by atoms with van der Waals surface area (Å²) in [5, 5.41) is 11.3. The Morgan fingerprint density at radius 2 is 1.87 bits per heavy atom. The van der Waals surface area contributed by atoms with E-state index >= 15 is 0 Å². The number of nitriles is 1. The molecule has 1 fully saturated rings. The predicted molar refractivity (Wildman–Crippen MR) is 155 cm³/mol. The van der Waals surface area contributed by atoms with E-state index in [2.05, 4.69) is 28.0 Å². The molecular weight excluding hydrogens is 506 g/mol. The normalized spacial score (nSPS) is 15.4. The lowest BCUT2D eigenvalue weighted by molar-refractivity contribution is 0.159. The summed E-state index contributed by atoms with van der Waals surface area (Å²) in [6.07, 6.45) is 5.79. The molecule has 0 bridgehead atoms. The monoisotopic (exact) mass is 535 g/mol. The van der Waals surface area contributed by atoms with E-state index in [4.69, 9.17) is 4.74 Å². The lowest BCUT2D eigenvalue weighted by Gasteiger charge is -2.28. The van der Waals surface area contributed by atoms with Gasteiger partial charge in [0, 0.05) is 27.1 Å². The van der Waals surface area contributed by atoms with Crippen molar-refractivity contribution in [1.29, 1.82) is 5.26 Å². The fraction of sp³-hybridized carbons (Fsp3) is 0.290. The average Bonchev–Trinajstić information content (AvgIpc) is 3.34. The molecule has 1 aliphatic heterocycles. The van der Waals surface area contributed by atoms with Crippen LogP contribution in [0.25, 0.3) is 31.7 Å². The minimum atomic E-state index is -0.207. The van der Waals surface area contributed by atoms with Gasteiger partial charge < -0.3 is 9.64 Å². The number of ether oxygens (including phenoxy) is 1. The lowest BCUT2D eigenvalue weighted by Crippen LogP contribution is -2.32. The van der Waals surface area contributed by atoms with Crippen molar-refractivity contribution in [3.8, 4) is 23.2 Å². The number of rotatable bonds is 6. The second kappa shape index (κ2) is 10.6. The van der Waals surface area contributed by atoms with Crippen LogP contribution in [0, 0.1) is 17.2 Å². The standard InChI is InChI=1S/C31H29N5O2S/c1-20(36-29(37)9-7-26-27-14-22(16-32)6-8-28(27)39-31(26)36)23-4-3-5-24(15-23)30-33-17-25(18-34-30)38-19-21-10-12-35(2)13-11-21/h3-9,14-15,17-18,20-21H,10-13,19H2,1-2H3/t20-/m0/s1. The molecule has 0 spiro atoms. The van der Waals surface area contributed by atoms with Gasteiger partial charge in [-0.15, -0.1) is 11.3 Å². The first-order valence-corrected chi connectivity index (χ1v) is 14.0. The van der Waals surface area contributed by atoms with Crippen molar-refractivity contribution in [2.24, 2.45) is 5.92 Å². The van der Waals surface area contributed by atoms with Crippen molar-refractivity contribution in [2.75, 3.05) is 26.7 Å². The molecule has 5 aromatic rings. The molecule has 1 atom stereocenters. The predicted octanol–water partition coefficient (Wildman–Crippen LogP) is 5.87. The number of pyridine rings is 1. The van der Waals surface area contributed by atoms with E-state index in [0.717, 1.165) is 57.4 Å². The van der Waals surface area contributed by atoms with Gasteiger partial charge in [0.25, 0.3) is 5.56 Å². The van der Waals surface area contributed by atoms with E-state index in [1.165, 1.54) is 0 Å². The third kappa shape index (κ3) is 5.03. The first-order valence-electron chi connectivity index (χ1n) is 13.2. The molecule has 6 rings (SSSR count). The van der Waals surface area contributed by atoms with Crippen LogP contribution < -0.4 is 10.3 Å². The molecule has 8 heteroatoms. The number of thiophene rings is 1. The van der Waals surface area contributed by atoms with Crippen LogP contribution in [0.4, 0.5) is 0 Å². The highest BCUT2D eigenvalue weighted by atomic mass is 32.1. The van der Waals surface area contributed by atoms with Crippen LogP contribution in [-0.4, -0.2) is 46.2 Å². The highest BCUT2D eigenvalue weighted by Crippen LogP contribution is 2.36. The second-order valence-corrected chi connectivity index (χ2v) is 11.3. The summed E-state index contributed by atoms with van der Waals surface area (Å²) >= 11 is 1.57. The first kappa shape index (κ1) is 25.2. The quantitative estimate of drug-likeness (QED) is 0.270. The molecular formula is C31H29N5O2S. The third-order valence-electron chi connectivity index (χ3n) is 7.65. The van der Waals surface area contributed by atoms with E-state index in [1.54, 1.807) is 29.8 Å². The van der Waals surface area contributed by atoms with Crippen LogP contribution in [0.15, 0.2) is 71.8 Å². The van der Waals surface area contributed by atoms with Crippen LogP contribution in [-0.2, 0) is 0 Å². The average molecular weight is 536 g/mol. The molecule has 0 unspecified atom stereocenters. The van der Waals surface area contributed by atoms with Gasteiger partial charge in [0.1, 0.15) is 4.83 Å². The van der Waals surface area contributed by atoms with Crippen LogP contribution in [0.2, 0.25) is 0 Å². The Bertz CT molecular complexity index is 1740. The van der Waals surface area contributed by atoms with Gasteiger partial charge in [0.05, 0.1) is 36.7 Å². The maximum Gasteiger partial charge on any atom is 0.252 e. The van der Waals surface area contributed by atoms with E-state index in [9.17, 15) is 10.1 Å². The molecule has 3 aromatic heterocycles. The van der Waals surface area contributed by atoms with Crippen molar-refractivity contribution in [1.82, 2.24) is 19.4 Å². The summed E-state index contributed by atoms with van der Waals surface area (Å²) in [5.74, 6) is 1.87. The molecule has 2 aromatic carbocycles. The van der Waals surface area contributed by atoms with Gasteiger partial charge in [0.15, 0.2) is 11.6 Å². The highest BCUT2D eigenvalue weighted by molar-refractivity contribution is 7.25. The van der Waals surface area contributed by atoms with Crippen LogP contribution in [0.1, 0.15) is 36.9 Å². The van der Waals surface area contributed by atoms with Gasteiger partial charge in [-0.2, -0.15) is 5.26 Å². The first-order chi connectivity index (χ1) is 19.0. The van der Waals surface area contributed by atoms with Gasteiger partial charge in [-0.05, 0) is 81.7 Å². The van der Waals surface area contributed by atoms with E-state index < -0.39 is 0 Å². The lowest BCUT2D eigenvalue weighted by atomic mass is 9.98. The van der Waals surface area contributed by atoms with Gasteiger partial charge in [-0.3, -0.25) is 9.36 Å². The number of hydrogen-bond donors (Lipinski definition) is 0. The maximum atomic E-state index is 13.1. The molecule has 0 amide bonds. The summed E-state index contributed by atoms with van der Waals surface area (Å²) in [6.45, 7) is 4.96. The van der Waals surface area contributed by atoms with Gasteiger partial charge in [-0.1, -0.05) is 18.2 Å². The zero-order valence-corrected chi connectivity index (χ0v) is 22.8. The van der Waals surface area contributed by atoms with E-state index in [0.29, 0.717) is 29.7 Å².